The van der Waals surface area contributed by atoms with Crippen molar-refractivity contribution >= 4 is 0 Å². The molecule has 0 atom stereocenters. The van der Waals surface area contributed by atoms with Gasteiger partial charge < -0.3 is 5.32 Å². The average molecular weight is 193 g/mol. The zero-order valence-corrected chi connectivity index (χ0v) is 9.03. The molecule has 0 radical (unpaired) electrons. The Labute approximate surface area is 85.8 Å². The van der Waals surface area contributed by atoms with Crippen LogP contribution in [-0.2, 0) is 13.5 Å². The zero-order valence-electron chi connectivity index (χ0n) is 9.03. The Morgan fingerprint density at radius 2 is 2.21 bits per heavy atom. The first-order chi connectivity index (χ1) is 6.83. The van der Waals surface area contributed by atoms with Crippen LogP contribution in [0.3, 0.4) is 0 Å². The lowest BCUT2D eigenvalue weighted by Crippen LogP contribution is -2.05. The van der Waals surface area contributed by atoms with Gasteiger partial charge >= 0.3 is 0 Å². The van der Waals surface area contributed by atoms with Crippen molar-refractivity contribution in [2.24, 2.45) is 7.05 Å². The molecule has 0 amide bonds. The number of hydrogen-bond acceptors (Lipinski definition) is 2. The van der Waals surface area contributed by atoms with Crippen molar-refractivity contribution in [3.63, 3.8) is 0 Å². The maximum atomic E-state index is 4.13. The van der Waals surface area contributed by atoms with Gasteiger partial charge in [-0.05, 0) is 38.4 Å². The summed E-state index contributed by atoms with van der Waals surface area (Å²) in [5.41, 5.74) is 1.31. The van der Waals surface area contributed by atoms with Crippen molar-refractivity contribution in [3.8, 4) is 0 Å². The highest BCUT2D eigenvalue weighted by atomic mass is 15.2. The number of rotatable bonds is 6. The molecule has 1 rings (SSSR count). The fourth-order valence-electron chi connectivity index (χ4n) is 1.31. The van der Waals surface area contributed by atoms with E-state index in [9.17, 15) is 0 Å². The molecule has 1 N–H and O–H groups in total. The van der Waals surface area contributed by atoms with Crippen LogP contribution in [0, 0.1) is 0 Å². The van der Waals surface area contributed by atoms with Crippen LogP contribution in [0.2, 0.25) is 0 Å². The van der Waals surface area contributed by atoms with Crippen LogP contribution in [0.15, 0.2) is 24.5 Å². The van der Waals surface area contributed by atoms with E-state index in [2.05, 4.69) is 28.8 Å². The fourth-order valence-corrected chi connectivity index (χ4v) is 1.31. The lowest BCUT2D eigenvalue weighted by molar-refractivity contribution is 0.766. The van der Waals surface area contributed by atoms with Crippen LogP contribution < -0.4 is 5.32 Å². The number of nitrogens with zero attached hydrogens (tertiary/aromatic N) is 2. The van der Waals surface area contributed by atoms with Crippen LogP contribution in [0.1, 0.15) is 18.4 Å². The first-order valence-corrected chi connectivity index (χ1v) is 5.10. The van der Waals surface area contributed by atoms with Crippen LogP contribution >= 0.6 is 0 Å². The summed E-state index contributed by atoms with van der Waals surface area (Å²) in [5.74, 6) is 0. The number of allylic oxidation sites excluding steroid dienone is 1. The Morgan fingerprint density at radius 1 is 1.43 bits per heavy atom. The molecule has 14 heavy (non-hydrogen) atoms. The fraction of sp³-hybridized carbons (Fsp3) is 0.545. The Balaban J connectivity index is 2.12. The van der Waals surface area contributed by atoms with Crippen LogP contribution in [-0.4, -0.2) is 23.4 Å². The van der Waals surface area contributed by atoms with E-state index >= 15 is 0 Å². The molecule has 1 aromatic rings. The second-order valence-corrected chi connectivity index (χ2v) is 3.42. The van der Waals surface area contributed by atoms with Gasteiger partial charge in [0.1, 0.15) is 0 Å². The van der Waals surface area contributed by atoms with Crippen LogP contribution in [0.4, 0.5) is 0 Å². The van der Waals surface area contributed by atoms with Crippen molar-refractivity contribution in [1.82, 2.24) is 15.1 Å². The highest BCUT2D eigenvalue weighted by Crippen LogP contribution is 2.01. The smallest absolute Gasteiger partial charge is 0.0521 e. The summed E-state index contributed by atoms with van der Waals surface area (Å²) >= 11 is 0. The van der Waals surface area contributed by atoms with Crippen LogP contribution in [0.25, 0.3) is 0 Å². The molecular weight excluding hydrogens is 174 g/mol. The highest BCUT2D eigenvalue weighted by Gasteiger charge is 1.92. The SMILES string of the molecule is CNCC/C=C/CCc1cnn(C)c1. The summed E-state index contributed by atoms with van der Waals surface area (Å²) in [6.07, 6.45) is 11.8. The molecule has 0 unspecified atom stereocenters. The molecule has 1 heterocycles. The maximum absolute atomic E-state index is 4.13. The molecule has 0 aliphatic heterocycles. The van der Waals surface area contributed by atoms with Gasteiger partial charge in [0.25, 0.3) is 0 Å². The molecule has 0 aromatic carbocycles. The van der Waals surface area contributed by atoms with Gasteiger partial charge in [0.2, 0.25) is 0 Å². The van der Waals surface area contributed by atoms with Crippen molar-refractivity contribution < 1.29 is 0 Å². The Bertz CT molecular complexity index is 276. The van der Waals surface area contributed by atoms with E-state index < -0.39 is 0 Å². The Kier molecular flexibility index (Phi) is 5.00. The van der Waals surface area contributed by atoms with E-state index in [1.165, 1.54) is 5.56 Å². The minimum atomic E-state index is 1.06. The Morgan fingerprint density at radius 3 is 2.86 bits per heavy atom. The van der Waals surface area contributed by atoms with E-state index in [-0.39, 0.29) is 0 Å². The van der Waals surface area contributed by atoms with Gasteiger partial charge in [-0.25, -0.2) is 0 Å². The zero-order chi connectivity index (χ0) is 10.2. The summed E-state index contributed by atoms with van der Waals surface area (Å²) in [7, 11) is 3.93. The van der Waals surface area contributed by atoms with Crippen molar-refractivity contribution in [1.29, 1.82) is 0 Å². The molecule has 0 saturated heterocycles. The summed E-state index contributed by atoms with van der Waals surface area (Å²) < 4.78 is 1.85. The maximum Gasteiger partial charge on any atom is 0.0521 e. The normalized spacial score (nSPS) is 11.3. The lowest BCUT2D eigenvalue weighted by Gasteiger charge is -1.92. The summed E-state index contributed by atoms with van der Waals surface area (Å²) in [6.45, 7) is 1.06. The molecule has 3 nitrogen and oxygen atoms in total. The van der Waals surface area contributed by atoms with Gasteiger partial charge in [0.05, 0.1) is 6.20 Å². The van der Waals surface area contributed by atoms with Gasteiger partial charge in [0.15, 0.2) is 0 Å². The summed E-state index contributed by atoms with van der Waals surface area (Å²) in [4.78, 5) is 0. The standard InChI is InChI=1S/C11H19N3/c1-12-8-6-4-3-5-7-11-9-13-14(2)10-11/h3-4,9-10,12H,5-8H2,1-2H3/b4-3+. The van der Waals surface area contributed by atoms with E-state index in [0.29, 0.717) is 0 Å². The van der Waals surface area contributed by atoms with E-state index in [4.69, 9.17) is 0 Å². The van der Waals surface area contributed by atoms with Crippen molar-refractivity contribution in [2.75, 3.05) is 13.6 Å². The van der Waals surface area contributed by atoms with Gasteiger partial charge in [-0.1, -0.05) is 12.2 Å². The number of nitrogens with one attached hydrogen (secondary N) is 1. The molecule has 1 aromatic heterocycles. The largest absolute Gasteiger partial charge is 0.319 e. The number of aromatic nitrogens is 2. The second-order valence-electron chi connectivity index (χ2n) is 3.42. The molecule has 0 spiro atoms. The first kappa shape index (κ1) is 11.0. The number of aryl methyl sites for hydroxylation is 2. The Hall–Kier alpha value is -1.09. The monoisotopic (exact) mass is 193 g/mol. The first-order valence-electron chi connectivity index (χ1n) is 5.10. The molecule has 0 bridgehead atoms. The lowest BCUT2D eigenvalue weighted by atomic mass is 10.2. The highest BCUT2D eigenvalue weighted by molar-refractivity contribution is 5.04. The van der Waals surface area contributed by atoms with Gasteiger partial charge in [-0.2, -0.15) is 5.10 Å². The minimum Gasteiger partial charge on any atom is -0.319 e. The third kappa shape index (κ3) is 4.23. The van der Waals surface area contributed by atoms with E-state index in [1.54, 1.807) is 0 Å². The molecule has 0 fully saturated rings. The van der Waals surface area contributed by atoms with E-state index in [1.807, 2.05) is 25.0 Å². The third-order valence-corrected chi connectivity index (χ3v) is 2.09. The van der Waals surface area contributed by atoms with E-state index in [0.717, 1.165) is 25.8 Å². The predicted octanol–water partition coefficient (Wildman–Crippen LogP) is 1.52. The summed E-state index contributed by atoms with van der Waals surface area (Å²) in [5, 5.41) is 7.24. The quantitative estimate of drug-likeness (QED) is 0.548. The molecule has 0 aliphatic carbocycles. The third-order valence-electron chi connectivity index (χ3n) is 2.09. The van der Waals surface area contributed by atoms with Crippen molar-refractivity contribution in [3.05, 3.63) is 30.1 Å². The second kappa shape index (κ2) is 6.38. The molecule has 78 valence electrons. The van der Waals surface area contributed by atoms with Crippen LogP contribution in [0.5, 0.6) is 0 Å². The van der Waals surface area contributed by atoms with Gasteiger partial charge in [-0.3, -0.25) is 4.68 Å². The molecule has 3 heteroatoms. The minimum absolute atomic E-state index is 1.06. The molecular formula is C11H19N3. The number of hydrogen-bond donors (Lipinski definition) is 1. The topological polar surface area (TPSA) is 29.9 Å². The van der Waals surface area contributed by atoms with Gasteiger partial charge in [0, 0.05) is 13.2 Å². The molecule has 0 aliphatic rings. The summed E-state index contributed by atoms with van der Waals surface area (Å²) in [6, 6.07) is 0. The van der Waals surface area contributed by atoms with Gasteiger partial charge in [-0.15, -0.1) is 0 Å². The molecule has 0 saturated carbocycles. The predicted molar refractivity (Wildman–Crippen MR) is 59.2 cm³/mol. The van der Waals surface area contributed by atoms with Crippen molar-refractivity contribution in [2.45, 2.75) is 19.3 Å². The average Bonchev–Trinajstić information content (AvgIpc) is 2.58.